The standard InChI is InChI=1S/C20H20AsN5O2.C4H8/c1-22-19(27)16-8-9-17(26-18(16)21)14-4-6-15(7-5-14)25-20(28)24-12-13-3-2-10-23-11-13;1-2-4-3-1/h2-11H,12,21H2,1H3,(H,22,27)(H2,24,25,28);1-4H2. The van der Waals surface area contributed by atoms with Gasteiger partial charge in [-0.15, -0.1) is 0 Å². The molecule has 1 aromatic carbocycles. The number of pyridine rings is 2. The number of nitrogens with zero attached hydrogens (tertiary/aromatic N) is 2. The first-order chi connectivity index (χ1) is 15.6. The molecule has 32 heavy (non-hydrogen) atoms. The Balaban J connectivity index is 0.000000650. The predicted molar refractivity (Wildman–Crippen MR) is 130 cm³/mol. The summed E-state index contributed by atoms with van der Waals surface area (Å²) in [5.41, 5.74) is 3.87. The number of nitrogens with one attached hydrogen (secondary N) is 3. The zero-order chi connectivity index (χ0) is 22.8. The van der Waals surface area contributed by atoms with Crippen LogP contribution in [0.1, 0.15) is 41.6 Å². The van der Waals surface area contributed by atoms with Crippen LogP contribution in [-0.2, 0) is 6.54 Å². The molecule has 2 heterocycles. The Bertz CT molecular complexity index is 1030. The van der Waals surface area contributed by atoms with E-state index in [2.05, 4.69) is 25.9 Å². The molecule has 0 saturated heterocycles. The fourth-order valence-corrected chi connectivity index (χ4v) is 3.57. The minimum atomic E-state index is -0.289. The van der Waals surface area contributed by atoms with Gasteiger partial charge in [0.05, 0.1) is 0 Å². The molecule has 1 fully saturated rings. The fraction of sp³-hybridized carbons (Fsp3) is 0.250. The van der Waals surface area contributed by atoms with Crippen LogP contribution in [0.25, 0.3) is 11.3 Å². The average Bonchev–Trinajstić information content (AvgIpc) is 2.77. The molecule has 0 radical (unpaired) electrons. The molecule has 0 spiro atoms. The first kappa shape index (κ1) is 23.5. The molecule has 4 rings (SSSR count). The SMILES string of the molecule is C1CCC1.CNC(=O)c1ccc(-c2ccc(NC(=O)NCc3cccnc3)cc2)nc1[AsH2]. The summed E-state index contributed by atoms with van der Waals surface area (Å²) in [5, 5.41) is 8.19. The van der Waals surface area contributed by atoms with Crippen LogP contribution < -0.4 is 20.4 Å². The van der Waals surface area contributed by atoms with Gasteiger partial charge >= 0.3 is 142 Å². The number of benzene rings is 1. The van der Waals surface area contributed by atoms with E-state index < -0.39 is 0 Å². The predicted octanol–water partition coefficient (Wildman–Crippen LogP) is 2.64. The summed E-state index contributed by atoms with van der Waals surface area (Å²) >= 11 is 1.29. The Kier molecular flexibility index (Phi) is 8.81. The van der Waals surface area contributed by atoms with Crippen LogP contribution in [0.3, 0.4) is 0 Å². The summed E-state index contributed by atoms with van der Waals surface area (Å²) in [6, 6.07) is 14.4. The van der Waals surface area contributed by atoms with E-state index >= 15 is 0 Å². The fourth-order valence-electron chi connectivity index (χ4n) is 2.80. The molecule has 3 aromatic rings. The molecule has 1 unspecified atom stereocenters. The number of urea groups is 1. The van der Waals surface area contributed by atoms with Gasteiger partial charge in [0.1, 0.15) is 0 Å². The number of rotatable bonds is 5. The summed E-state index contributed by atoms with van der Waals surface area (Å²) < 4.78 is 0.723. The third-order valence-electron chi connectivity index (χ3n) is 5.01. The Labute approximate surface area is 196 Å². The zero-order valence-electron chi connectivity index (χ0n) is 18.1. The minimum absolute atomic E-state index is 0.143. The number of aromatic nitrogens is 2. The van der Waals surface area contributed by atoms with E-state index in [0.29, 0.717) is 17.8 Å². The molecule has 0 aliphatic heterocycles. The number of hydrogen-bond donors (Lipinski definition) is 3. The van der Waals surface area contributed by atoms with Crippen LogP contribution in [0.15, 0.2) is 60.9 Å². The van der Waals surface area contributed by atoms with Crippen LogP contribution in [-0.4, -0.2) is 45.8 Å². The van der Waals surface area contributed by atoms with Crippen molar-refractivity contribution in [1.29, 1.82) is 0 Å². The van der Waals surface area contributed by atoms with E-state index in [9.17, 15) is 9.59 Å². The van der Waals surface area contributed by atoms with Gasteiger partial charge in [0, 0.05) is 12.4 Å². The third kappa shape index (κ3) is 6.92. The summed E-state index contributed by atoms with van der Waals surface area (Å²) in [6.07, 6.45) is 9.40. The molecular weight excluding hydrogens is 465 g/mol. The Morgan fingerprint density at radius 2 is 1.72 bits per heavy atom. The maximum atomic E-state index is 12.0. The van der Waals surface area contributed by atoms with E-state index in [1.807, 2.05) is 42.5 Å². The van der Waals surface area contributed by atoms with E-state index in [1.54, 1.807) is 25.5 Å². The van der Waals surface area contributed by atoms with Gasteiger partial charge in [0.2, 0.25) is 0 Å². The second kappa shape index (κ2) is 12.0. The normalized spacial score (nSPS) is 11.9. The number of carbonyl (C=O) groups excluding carboxylic acids is 2. The summed E-state index contributed by atoms with van der Waals surface area (Å²) in [6.45, 7) is 0.403. The van der Waals surface area contributed by atoms with Crippen LogP contribution in [0.4, 0.5) is 10.5 Å². The van der Waals surface area contributed by atoms with Crippen molar-refractivity contribution in [3.8, 4) is 11.3 Å². The van der Waals surface area contributed by atoms with E-state index in [4.69, 9.17) is 0 Å². The van der Waals surface area contributed by atoms with E-state index in [1.165, 1.54) is 42.5 Å². The van der Waals surface area contributed by atoms with Crippen molar-refractivity contribution in [2.45, 2.75) is 32.2 Å². The second-order valence-electron chi connectivity index (χ2n) is 7.37. The quantitative estimate of drug-likeness (QED) is 0.477. The average molecular weight is 493 g/mol. The van der Waals surface area contributed by atoms with Crippen molar-refractivity contribution >= 4 is 39.0 Å². The Morgan fingerprint density at radius 1 is 1.00 bits per heavy atom. The Hall–Kier alpha value is -3.18. The van der Waals surface area contributed by atoms with Gasteiger partial charge in [-0.2, -0.15) is 0 Å². The summed E-state index contributed by atoms with van der Waals surface area (Å²) in [4.78, 5) is 32.3. The molecule has 7 nitrogen and oxygen atoms in total. The van der Waals surface area contributed by atoms with Crippen molar-refractivity contribution in [2.75, 3.05) is 12.4 Å². The number of amides is 3. The monoisotopic (exact) mass is 493 g/mol. The molecule has 3 amide bonds. The molecular formula is C24H28AsN5O2. The van der Waals surface area contributed by atoms with Crippen LogP contribution >= 0.6 is 0 Å². The molecule has 8 heteroatoms. The van der Waals surface area contributed by atoms with E-state index in [-0.39, 0.29) is 11.9 Å². The van der Waals surface area contributed by atoms with Gasteiger partial charge in [-0.3, -0.25) is 4.98 Å². The van der Waals surface area contributed by atoms with Crippen molar-refractivity contribution in [3.63, 3.8) is 0 Å². The molecule has 1 saturated carbocycles. The van der Waals surface area contributed by atoms with Gasteiger partial charge in [-0.1, -0.05) is 31.7 Å². The van der Waals surface area contributed by atoms with Gasteiger partial charge in [-0.25, -0.2) is 0 Å². The van der Waals surface area contributed by atoms with Crippen LogP contribution in [0.2, 0.25) is 0 Å². The molecule has 0 bridgehead atoms. The molecule has 1 aliphatic carbocycles. The van der Waals surface area contributed by atoms with Crippen LogP contribution in [0.5, 0.6) is 0 Å². The van der Waals surface area contributed by atoms with E-state index in [0.717, 1.165) is 21.3 Å². The van der Waals surface area contributed by atoms with Crippen molar-refractivity contribution in [3.05, 3.63) is 72.1 Å². The molecule has 166 valence electrons. The van der Waals surface area contributed by atoms with Gasteiger partial charge < -0.3 is 0 Å². The second-order valence-corrected chi connectivity index (χ2v) is 8.52. The number of carbonyl (C=O) groups is 2. The summed E-state index contributed by atoms with van der Waals surface area (Å²) in [5.74, 6) is -0.143. The van der Waals surface area contributed by atoms with Crippen molar-refractivity contribution < 1.29 is 9.59 Å². The van der Waals surface area contributed by atoms with Gasteiger partial charge in [-0.05, 0) is 6.07 Å². The van der Waals surface area contributed by atoms with Crippen LogP contribution in [0, 0.1) is 0 Å². The van der Waals surface area contributed by atoms with Gasteiger partial charge in [0.15, 0.2) is 0 Å². The molecule has 3 N–H and O–H groups in total. The van der Waals surface area contributed by atoms with Crippen molar-refractivity contribution in [2.24, 2.45) is 0 Å². The molecule has 1 atom stereocenters. The first-order valence-corrected chi connectivity index (χ1v) is 11.8. The molecule has 1 aliphatic rings. The topological polar surface area (TPSA) is 96.0 Å². The molecule has 2 aromatic heterocycles. The maximum absolute atomic E-state index is 12.0. The van der Waals surface area contributed by atoms with Crippen molar-refractivity contribution in [1.82, 2.24) is 20.6 Å². The third-order valence-corrected chi connectivity index (χ3v) is 5.93. The number of hydrogen-bond acceptors (Lipinski definition) is 4. The zero-order valence-corrected chi connectivity index (χ0v) is 20.5. The summed E-state index contributed by atoms with van der Waals surface area (Å²) in [7, 11) is 1.60. The number of anilines is 1. The first-order valence-electron chi connectivity index (χ1n) is 10.6. The van der Waals surface area contributed by atoms with Gasteiger partial charge in [0.25, 0.3) is 0 Å². The Morgan fingerprint density at radius 3 is 2.28 bits per heavy atom.